The maximum atomic E-state index is 14.3. The van der Waals surface area contributed by atoms with Crippen LogP contribution in [0.5, 0.6) is 0 Å². The van der Waals surface area contributed by atoms with Crippen molar-refractivity contribution in [3.63, 3.8) is 0 Å². The molecule has 4 fully saturated rings. The van der Waals surface area contributed by atoms with Crippen molar-refractivity contribution in [1.29, 1.82) is 0 Å². The minimum Gasteiger partial charge on any atom is -0.460 e. The molecule has 1 aliphatic heterocycles. The molecule has 2 heterocycles. The van der Waals surface area contributed by atoms with Gasteiger partial charge in [-0.15, -0.1) is 0 Å². The first-order valence-corrected chi connectivity index (χ1v) is 18.8. The highest BCUT2D eigenvalue weighted by Crippen LogP contribution is 2.42. The van der Waals surface area contributed by atoms with Gasteiger partial charge in [-0.3, -0.25) is 9.59 Å². The van der Waals surface area contributed by atoms with E-state index < -0.39 is 36.4 Å². The van der Waals surface area contributed by atoms with Gasteiger partial charge in [-0.2, -0.15) is 0 Å². The fourth-order valence-corrected chi connectivity index (χ4v) is 8.38. The van der Waals surface area contributed by atoms with Crippen molar-refractivity contribution in [3.8, 4) is 0 Å². The summed E-state index contributed by atoms with van der Waals surface area (Å²) in [6, 6.07) is 5.59. The quantitative estimate of drug-likeness (QED) is 0.237. The number of methoxy groups -OCH3 is 1. The summed E-state index contributed by atoms with van der Waals surface area (Å²) < 4.78 is 36.2. The molecule has 4 aliphatic rings. The SMILES string of the molecule is CO[C@H]1CC[C@H]([C@@H]2CCN(C(=O)[C@H]3CC[C@H]([C@@H](CF)NC(=O)OC(C)(C)C)CC3)[C@@H]2C(=O)Nc2ccc3oc(C(=O)OCC4CC4)cc3c2)CC1. The molecule has 0 unspecified atom stereocenters. The van der Waals surface area contributed by atoms with Crippen LogP contribution >= 0.6 is 0 Å². The number of nitrogens with zero attached hydrogens (tertiary/aromatic N) is 1. The molecule has 280 valence electrons. The lowest BCUT2D eigenvalue weighted by atomic mass is 9.75. The van der Waals surface area contributed by atoms with E-state index >= 15 is 0 Å². The first kappa shape index (κ1) is 37.1. The zero-order valence-electron chi connectivity index (χ0n) is 30.4. The average Bonchev–Trinajstić information content (AvgIpc) is 3.67. The number of halogens is 1. The highest BCUT2D eigenvalue weighted by molar-refractivity contribution is 6.00. The van der Waals surface area contributed by atoms with Crippen LogP contribution in [0.15, 0.2) is 28.7 Å². The number of alkyl halides is 1. The van der Waals surface area contributed by atoms with Crippen LogP contribution in [0.1, 0.15) is 102 Å². The molecule has 3 amide bonds. The summed E-state index contributed by atoms with van der Waals surface area (Å²) in [4.78, 5) is 55.1. The first-order valence-electron chi connectivity index (χ1n) is 18.8. The van der Waals surface area contributed by atoms with E-state index in [0.29, 0.717) is 67.3 Å². The minimum atomic E-state index is -0.708. The molecule has 2 N–H and O–H groups in total. The molecular weight excluding hydrogens is 657 g/mol. The van der Waals surface area contributed by atoms with E-state index in [0.717, 1.165) is 44.9 Å². The highest BCUT2D eigenvalue weighted by Gasteiger charge is 2.47. The number of carbonyl (C=O) groups excluding carboxylic acids is 4. The topological polar surface area (TPSA) is 136 Å². The van der Waals surface area contributed by atoms with Gasteiger partial charge in [0, 0.05) is 30.6 Å². The van der Waals surface area contributed by atoms with Crippen molar-refractivity contribution < 1.29 is 42.2 Å². The maximum Gasteiger partial charge on any atom is 0.407 e. The van der Waals surface area contributed by atoms with E-state index in [-0.39, 0.29) is 41.4 Å². The zero-order valence-corrected chi connectivity index (χ0v) is 30.4. The number of benzene rings is 1. The van der Waals surface area contributed by atoms with Crippen molar-refractivity contribution in [2.75, 3.05) is 32.3 Å². The van der Waals surface area contributed by atoms with Gasteiger partial charge in [-0.1, -0.05) is 0 Å². The van der Waals surface area contributed by atoms with Gasteiger partial charge in [0.1, 0.15) is 23.9 Å². The Hall–Kier alpha value is -3.67. The third kappa shape index (κ3) is 9.23. The Morgan fingerprint density at radius 2 is 1.69 bits per heavy atom. The molecule has 3 saturated carbocycles. The minimum absolute atomic E-state index is 0.0162. The predicted molar refractivity (Wildman–Crippen MR) is 189 cm³/mol. The lowest BCUT2D eigenvalue weighted by Gasteiger charge is -2.38. The van der Waals surface area contributed by atoms with Crippen molar-refractivity contribution in [2.24, 2.45) is 29.6 Å². The largest absolute Gasteiger partial charge is 0.460 e. The van der Waals surface area contributed by atoms with Gasteiger partial charge in [0.2, 0.25) is 17.6 Å². The summed E-state index contributed by atoms with van der Waals surface area (Å²) in [7, 11) is 1.74. The third-order valence-electron chi connectivity index (χ3n) is 11.3. The van der Waals surface area contributed by atoms with Gasteiger partial charge < -0.3 is 34.2 Å². The molecule has 51 heavy (non-hydrogen) atoms. The zero-order chi connectivity index (χ0) is 36.3. The van der Waals surface area contributed by atoms with Crippen LogP contribution < -0.4 is 10.6 Å². The second-order valence-corrected chi connectivity index (χ2v) is 16.1. The van der Waals surface area contributed by atoms with Gasteiger partial charge >= 0.3 is 12.1 Å². The number of nitrogens with one attached hydrogen (secondary N) is 2. The Labute approximate surface area is 299 Å². The Bertz CT molecular complexity index is 1550. The van der Waals surface area contributed by atoms with Crippen LogP contribution in [0, 0.1) is 29.6 Å². The summed E-state index contributed by atoms with van der Waals surface area (Å²) >= 11 is 0. The summed E-state index contributed by atoms with van der Waals surface area (Å²) in [6.45, 7) is 5.48. The molecular formula is C39H54FN3O8. The van der Waals surface area contributed by atoms with Crippen molar-refractivity contribution in [1.82, 2.24) is 10.2 Å². The molecule has 1 saturated heterocycles. The summed E-state index contributed by atoms with van der Waals surface area (Å²) in [5.74, 6) is -0.249. The van der Waals surface area contributed by atoms with E-state index in [1.807, 2.05) is 0 Å². The normalized spacial score (nSPS) is 27.5. The number of esters is 1. The third-order valence-corrected chi connectivity index (χ3v) is 11.3. The number of hydrogen-bond donors (Lipinski definition) is 2. The van der Waals surface area contributed by atoms with Crippen molar-refractivity contribution in [2.45, 2.75) is 115 Å². The molecule has 0 radical (unpaired) electrons. The van der Waals surface area contributed by atoms with Crippen LogP contribution in [0.4, 0.5) is 14.9 Å². The van der Waals surface area contributed by atoms with Crippen molar-refractivity contribution in [3.05, 3.63) is 30.0 Å². The van der Waals surface area contributed by atoms with Gasteiger partial charge in [-0.05, 0) is 139 Å². The van der Waals surface area contributed by atoms with Crippen molar-refractivity contribution >= 4 is 40.5 Å². The molecule has 3 aliphatic carbocycles. The standard InChI is InChI=1S/C39H54FN3O8/c1-39(2,3)51-38(47)42-31(21-40)25-7-9-26(10-8-25)36(45)43-18-17-30(24-11-14-29(48-4)15-12-24)34(43)35(44)41-28-13-16-32-27(19-28)20-33(50-32)37(46)49-22-23-5-6-23/h13,16,19-20,23-26,29-31,34H,5-12,14-15,17-18,21-22H2,1-4H3,(H,41,44)(H,42,47)/t24-,25-,26-,29-,30-,31+,34-/m0/s1. The molecule has 1 aromatic heterocycles. The van der Waals surface area contributed by atoms with Crippen LogP contribution in [0.25, 0.3) is 11.0 Å². The fourth-order valence-electron chi connectivity index (χ4n) is 8.38. The lowest BCUT2D eigenvalue weighted by Crippen LogP contribution is -2.50. The number of ether oxygens (including phenoxy) is 3. The predicted octanol–water partition coefficient (Wildman–Crippen LogP) is 7.03. The maximum absolute atomic E-state index is 14.3. The lowest BCUT2D eigenvalue weighted by molar-refractivity contribution is -0.142. The summed E-state index contributed by atoms with van der Waals surface area (Å²) in [5, 5.41) is 6.46. The number of alkyl carbamates (subject to hydrolysis) is 1. The molecule has 0 spiro atoms. The summed E-state index contributed by atoms with van der Waals surface area (Å²) in [5.41, 5.74) is 0.389. The van der Waals surface area contributed by atoms with Gasteiger partial charge in [0.25, 0.3) is 0 Å². The van der Waals surface area contributed by atoms with Gasteiger partial charge in [0.15, 0.2) is 0 Å². The number of rotatable bonds is 11. The number of furan rings is 1. The van der Waals surface area contributed by atoms with E-state index in [4.69, 9.17) is 18.6 Å². The van der Waals surface area contributed by atoms with E-state index in [9.17, 15) is 23.6 Å². The molecule has 2 aromatic rings. The monoisotopic (exact) mass is 711 g/mol. The number of amides is 3. The number of fused-ring (bicyclic) bond motifs is 1. The van der Waals surface area contributed by atoms with E-state index in [1.165, 1.54) is 0 Å². The van der Waals surface area contributed by atoms with E-state index in [1.54, 1.807) is 57.0 Å². The smallest absolute Gasteiger partial charge is 0.407 e. The number of likely N-dealkylation sites (tertiary alicyclic amines) is 1. The Morgan fingerprint density at radius 1 is 0.961 bits per heavy atom. The molecule has 12 heteroatoms. The van der Waals surface area contributed by atoms with Gasteiger partial charge in [-0.25, -0.2) is 14.0 Å². The second-order valence-electron chi connectivity index (χ2n) is 16.1. The second kappa shape index (κ2) is 15.9. The molecule has 1 aromatic carbocycles. The Balaban J connectivity index is 1.13. The highest BCUT2D eigenvalue weighted by atomic mass is 19.1. The molecule has 6 rings (SSSR count). The van der Waals surface area contributed by atoms with Crippen LogP contribution in [-0.4, -0.2) is 79.5 Å². The van der Waals surface area contributed by atoms with E-state index in [2.05, 4.69) is 10.6 Å². The molecule has 0 bridgehead atoms. The van der Waals surface area contributed by atoms with Crippen LogP contribution in [0.3, 0.4) is 0 Å². The number of anilines is 1. The number of carbonyl (C=O) groups is 4. The Kier molecular flexibility index (Phi) is 11.6. The molecule has 11 nitrogen and oxygen atoms in total. The van der Waals surface area contributed by atoms with Gasteiger partial charge in [0.05, 0.1) is 18.8 Å². The first-order chi connectivity index (χ1) is 24.4. The average molecular weight is 712 g/mol. The van der Waals surface area contributed by atoms with Crippen LogP contribution in [-0.2, 0) is 23.8 Å². The Morgan fingerprint density at radius 3 is 2.33 bits per heavy atom. The fraction of sp³-hybridized carbons (Fsp3) is 0.692. The summed E-state index contributed by atoms with van der Waals surface area (Å²) in [6.07, 6.45) is 8.54. The van der Waals surface area contributed by atoms with Crippen LogP contribution in [0.2, 0.25) is 0 Å². The number of hydrogen-bond acceptors (Lipinski definition) is 8. The molecule has 3 atom stereocenters.